The van der Waals surface area contributed by atoms with Gasteiger partial charge in [0.1, 0.15) is 11.9 Å². The largest absolute Gasteiger partial charge is 0.468 e. The summed E-state index contributed by atoms with van der Waals surface area (Å²) in [6.07, 6.45) is -0.00227. The highest BCUT2D eigenvalue weighted by molar-refractivity contribution is 7.89. The maximum Gasteiger partial charge on any atom is 0.324 e. The van der Waals surface area contributed by atoms with Crippen molar-refractivity contribution in [2.75, 3.05) is 7.11 Å². The van der Waals surface area contributed by atoms with E-state index in [1.54, 1.807) is 0 Å². The zero-order chi connectivity index (χ0) is 19.3. The van der Waals surface area contributed by atoms with Crippen LogP contribution in [0.2, 0.25) is 0 Å². The van der Waals surface area contributed by atoms with Crippen LogP contribution in [0, 0.1) is 5.82 Å². The van der Waals surface area contributed by atoms with Crippen molar-refractivity contribution in [2.24, 2.45) is 0 Å². The topological polar surface area (TPSA) is 89.5 Å². The van der Waals surface area contributed by atoms with Gasteiger partial charge in [0.05, 0.1) is 12.0 Å². The molecular weight excluding hydrogens is 361 g/mol. The van der Waals surface area contributed by atoms with Gasteiger partial charge in [0.2, 0.25) is 10.0 Å². The van der Waals surface area contributed by atoms with Crippen LogP contribution in [-0.2, 0) is 26.0 Å². The zero-order valence-corrected chi connectivity index (χ0v) is 15.0. The Labute approximate surface area is 151 Å². The van der Waals surface area contributed by atoms with E-state index in [1.165, 1.54) is 55.5 Å². The highest BCUT2D eigenvalue weighted by atomic mass is 32.2. The number of nitrogens with one attached hydrogen (secondary N) is 1. The van der Waals surface area contributed by atoms with Crippen molar-refractivity contribution < 1.29 is 27.1 Å². The molecule has 0 saturated heterocycles. The predicted molar refractivity (Wildman–Crippen MR) is 92.7 cm³/mol. The number of ketones is 1. The lowest BCUT2D eigenvalue weighted by molar-refractivity contribution is -0.142. The van der Waals surface area contributed by atoms with Crippen LogP contribution >= 0.6 is 0 Å². The van der Waals surface area contributed by atoms with E-state index in [2.05, 4.69) is 9.46 Å². The molecule has 0 heterocycles. The summed E-state index contributed by atoms with van der Waals surface area (Å²) >= 11 is 0. The van der Waals surface area contributed by atoms with Crippen LogP contribution in [0.3, 0.4) is 0 Å². The quantitative estimate of drug-likeness (QED) is 0.588. The summed E-state index contributed by atoms with van der Waals surface area (Å²) in [6, 6.07) is 9.53. The second-order valence-electron chi connectivity index (χ2n) is 5.61. The summed E-state index contributed by atoms with van der Waals surface area (Å²) in [5.74, 6) is -1.39. The smallest absolute Gasteiger partial charge is 0.324 e. The maximum absolute atomic E-state index is 13.0. The Hall–Kier alpha value is -2.58. The van der Waals surface area contributed by atoms with E-state index in [0.717, 1.165) is 7.11 Å². The lowest BCUT2D eigenvalue weighted by atomic mass is 10.1. The summed E-state index contributed by atoms with van der Waals surface area (Å²) in [5.41, 5.74) is 0.941. The average molecular weight is 379 g/mol. The first-order valence-corrected chi connectivity index (χ1v) is 9.17. The first kappa shape index (κ1) is 19.7. The number of esters is 1. The Morgan fingerprint density at radius 2 is 1.65 bits per heavy atom. The molecule has 0 aromatic heterocycles. The molecule has 0 aliphatic carbocycles. The van der Waals surface area contributed by atoms with E-state index in [-0.39, 0.29) is 17.1 Å². The van der Waals surface area contributed by atoms with Gasteiger partial charge in [-0.05, 0) is 43.2 Å². The number of carbonyl (C=O) groups excluding carboxylic acids is 2. The van der Waals surface area contributed by atoms with E-state index in [9.17, 15) is 22.4 Å². The summed E-state index contributed by atoms with van der Waals surface area (Å²) in [5, 5.41) is 0. The fraction of sp³-hybridized carbons (Fsp3) is 0.222. The third kappa shape index (κ3) is 4.96. The third-order valence-corrected chi connectivity index (χ3v) is 5.19. The molecule has 2 aromatic rings. The molecule has 0 amide bonds. The van der Waals surface area contributed by atoms with Gasteiger partial charge in [-0.2, -0.15) is 4.72 Å². The first-order chi connectivity index (χ1) is 12.2. The Morgan fingerprint density at radius 1 is 1.08 bits per heavy atom. The average Bonchev–Trinajstić information content (AvgIpc) is 2.62. The number of halogens is 1. The van der Waals surface area contributed by atoms with Crippen LogP contribution < -0.4 is 4.72 Å². The molecule has 1 N–H and O–H groups in total. The van der Waals surface area contributed by atoms with Crippen molar-refractivity contribution in [3.05, 3.63) is 65.5 Å². The third-order valence-electron chi connectivity index (χ3n) is 3.71. The molecule has 2 rings (SSSR count). The van der Waals surface area contributed by atoms with E-state index < -0.39 is 27.9 Å². The van der Waals surface area contributed by atoms with Gasteiger partial charge >= 0.3 is 5.97 Å². The van der Waals surface area contributed by atoms with Gasteiger partial charge in [0.15, 0.2) is 5.78 Å². The normalized spacial score (nSPS) is 12.4. The van der Waals surface area contributed by atoms with Crippen LogP contribution in [0.25, 0.3) is 0 Å². The van der Waals surface area contributed by atoms with Crippen molar-refractivity contribution in [2.45, 2.75) is 24.3 Å². The van der Waals surface area contributed by atoms with Gasteiger partial charge in [-0.3, -0.25) is 9.59 Å². The Bertz CT molecular complexity index is 892. The number of sulfonamides is 1. The molecule has 0 aliphatic heterocycles. The molecule has 26 heavy (non-hydrogen) atoms. The van der Waals surface area contributed by atoms with E-state index in [1.807, 2.05) is 0 Å². The molecule has 0 aliphatic rings. The van der Waals surface area contributed by atoms with Crippen LogP contribution in [-0.4, -0.2) is 33.3 Å². The number of hydrogen-bond acceptors (Lipinski definition) is 5. The standard InChI is InChI=1S/C18H18FNO5S/c1-12(21)14-5-9-16(10-6-14)26(23,24)20-17(18(22)25-2)11-13-3-7-15(19)8-4-13/h3-10,17,20H,11H2,1-2H3. The zero-order valence-electron chi connectivity index (χ0n) is 14.2. The molecule has 0 bridgehead atoms. The summed E-state index contributed by atoms with van der Waals surface area (Å²) in [4.78, 5) is 23.2. The van der Waals surface area contributed by atoms with E-state index in [0.29, 0.717) is 11.1 Å². The molecule has 0 radical (unpaired) electrons. The van der Waals surface area contributed by atoms with E-state index in [4.69, 9.17) is 0 Å². The highest BCUT2D eigenvalue weighted by Crippen LogP contribution is 2.14. The molecule has 1 unspecified atom stereocenters. The van der Waals surface area contributed by atoms with Crippen molar-refractivity contribution in [1.29, 1.82) is 0 Å². The molecule has 8 heteroatoms. The number of benzene rings is 2. The Kier molecular flexibility index (Phi) is 6.23. The molecular formula is C18H18FNO5S. The molecule has 138 valence electrons. The minimum Gasteiger partial charge on any atom is -0.468 e. The van der Waals surface area contributed by atoms with E-state index >= 15 is 0 Å². The minimum absolute atomic E-state index is 0.00227. The summed E-state index contributed by atoms with van der Waals surface area (Å²) < 4.78 is 45.0. The second kappa shape index (κ2) is 8.20. The van der Waals surface area contributed by atoms with Crippen LogP contribution in [0.4, 0.5) is 4.39 Å². The number of Topliss-reactive ketones (excluding diaryl/α,β-unsaturated/α-hetero) is 1. The fourth-order valence-electron chi connectivity index (χ4n) is 2.30. The molecule has 1 atom stereocenters. The van der Waals surface area contributed by atoms with Crippen molar-refractivity contribution in [3.8, 4) is 0 Å². The van der Waals surface area contributed by atoms with Gasteiger partial charge in [-0.15, -0.1) is 0 Å². The number of hydrogen-bond donors (Lipinski definition) is 1. The lowest BCUT2D eigenvalue weighted by Crippen LogP contribution is -2.43. The molecule has 0 saturated carbocycles. The van der Waals surface area contributed by atoms with Crippen LogP contribution in [0.5, 0.6) is 0 Å². The van der Waals surface area contributed by atoms with Gasteiger partial charge in [0.25, 0.3) is 0 Å². The summed E-state index contributed by atoms with van der Waals surface area (Å²) in [6.45, 7) is 1.37. The van der Waals surface area contributed by atoms with Gasteiger partial charge < -0.3 is 4.74 Å². The van der Waals surface area contributed by atoms with Crippen molar-refractivity contribution >= 4 is 21.8 Å². The Balaban J connectivity index is 2.24. The SMILES string of the molecule is COC(=O)C(Cc1ccc(F)cc1)NS(=O)(=O)c1ccc(C(C)=O)cc1. The molecule has 6 nitrogen and oxygen atoms in total. The summed E-state index contributed by atoms with van der Waals surface area (Å²) in [7, 11) is -2.87. The Morgan fingerprint density at radius 3 is 2.15 bits per heavy atom. The maximum atomic E-state index is 13.0. The number of ether oxygens (including phenoxy) is 1. The van der Waals surface area contributed by atoms with Gasteiger partial charge in [-0.1, -0.05) is 24.3 Å². The molecule has 0 fully saturated rings. The highest BCUT2D eigenvalue weighted by Gasteiger charge is 2.27. The fourth-order valence-corrected chi connectivity index (χ4v) is 3.48. The second-order valence-corrected chi connectivity index (χ2v) is 7.32. The van der Waals surface area contributed by atoms with Crippen molar-refractivity contribution in [1.82, 2.24) is 4.72 Å². The molecule has 2 aromatic carbocycles. The van der Waals surface area contributed by atoms with Gasteiger partial charge in [0, 0.05) is 5.56 Å². The predicted octanol–water partition coefficient (Wildman–Crippen LogP) is 2.09. The molecule has 0 spiro atoms. The van der Waals surface area contributed by atoms with Gasteiger partial charge in [-0.25, -0.2) is 12.8 Å². The number of methoxy groups -OCH3 is 1. The van der Waals surface area contributed by atoms with Crippen LogP contribution in [0.1, 0.15) is 22.8 Å². The van der Waals surface area contributed by atoms with Crippen molar-refractivity contribution in [3.63, 3.8) is 0 Å². The lowest BCUT2D eigenvalue weighted by Gasteiger charge is -2.17. The number of rotatable bonds is 7. The minimum atomic E-state index is -4.02. The monoisotopic (exact) mass is 379 g/mol. The van der Waals surface area contributed by atoms with Crippen LogP contribution in [0.15, 0.2) is 53.4 Å². The number of carbonyl (C=O) groups is 2. The first-order valence-electron chi connectivity index (χ1n) is 7.68.